The van der Waals surface area contributed by atoms with Crippen LogP contribution in [-0.2, 0) is 0 Å². The minimum Gasteiger partial charge on any atom is -0.346 e. The zero-order valence-corrected chi connectivity index (χ0v) is 17.4. The fourth-order valence-corrected chi connectivity index (χ4v) is 3.62. The van der Waals surface area contributed by atoms with Crippen LogP contribution in [0.25, 0.3) is 6.08 Å². The SMILES string of the molecule is Cc1cc(C)c(NC(=S)N2CCN(C/C=C\c3ccccc3)CC2)cc1C. The molecule has 2 aromatic carbocycles. The van der Waals surface area contributed by atoms with Gasteiger partial charge in [-0.25, -0.2) is 0 Å². The summed E-state index contributed by atoms with van der Waals surface area (Å²) in [6.45, 7) is 11.4. The highest BCUT2D eigenvalue weighted by atomic mass is 32.1. The molecular weight excluding hydrogens is 350 g/mol. The number of hydrogen-bond acceptors (Lipinski definition) is 2. The first-order valence-electron chi connectivity index (χ1n) is 9.60. The van der Waals surface area contributed by atoms with E-state index in [1.807, 2.05) is 6.07 Å². The maximum atomic E-state index is 5.66. The molecule has 0 radical (unpaired) electrons. The highest BCUT2D eigenvalue weighted by Gasteiger charge is 2.18. The second-order valence-corrected chi connectivity index (χ2v) is 7.67. The predicted molar refractivity (Wildman–Crippen MR) is 120 cm³/mol. The van der Waals surface area contributed by atoms with Crippen LogP contribution in [0.5, 0.6) is 0 Å². The molecule has 1 heterocycles. The Morgan fingerprint density at radius 2 is 1.63 bits per heavy atom. The van der Waals surface area contributed by atoms with Crippen LogP contribution in [0.1, 0.15) is 22.3 Å². The minimum absolute atomic E-state index is 0.834. The fraction of sp³-hybridized carbons (Fsp3) is 0.348. The van der Waals surface area contributed by atoms with Gasteiger partial charge < -0.3 is 10.2 Å². The molecule has 1 aliphatic heterocycles. The number of aryl methyl sites for hydroxylation is 3. The predicted octanol–water partition coefficient (Wildman–Crippen LogP) is 4.64. The van der Waals surface area contributed by atoms with Gasteiger partial charge in [-0.05, 0) is 61.3 Å². The summed E-state index contributed by atoms with van der Waals surface area (Å²) in [7, 11) is 0. The Labute approximate surface area is 168 Å². The largest absolute Gasteiger partial charge is 0.346 e. The third kappa shape index (κ3) is 5.41. The van der Waals surface area contributed by atoms with Crippen LogP contribution in [0, 0.1) is 20.8 Å². The van der Waals surface area contributed by atoms with Crippen LogP contribution >= 0.6 is 12.2 Å². The number of hydrogen-bond donors (Lipinski definition) is 1. The van der Waals surface area contributed by atoms with E-state index in [1.165, 1.54) is 22.3 Å². The van der Waals surface area contributed by atoms with E-state index in [0.717, 1.165) is 43.5 Å². The van der Waals surface area contributed by atoms with Gasteiger partial charge in [-0.15, -0.1) is 0 Å². The van der Waals surface area contributed by atoms with Crippen molar-refractivity contribution in [3.63, 3.8) is 0 Å². The van der Waals surface area contributed by atoms with Crippen LogP contribution < -0.4 is 5.32 Å². The zero-order chi connectivity index (χ0) is 19.2. The van der Waals surface area contributed by atoms with Crippen molar-refractivity contribution in [2.24, 2.45) is 0 Å². The Hall–Kier alpha value is -2.17. The van der Waals surface area contributed by atoms with Crippen molar-refractivity contribution in [3.8, 4) is 0 Å². The third-order valence-electron chi connectivity index (χ3n) is 5.22. The van der Waals surface area contributed by atoms with Crippen molar-refractivity contribution in [2.45, 2.75) is 20.8 Å². The quantitative estimate of drug-likeness (QED) is 0.780. The van der Waals surface area contributed by atoms with E-state index in [2.05, 4.69) is 84.4 Å². The summed E-state index contributed by atoms with van der Waals surface area (Å²) in [5, 5.41) is 4.29. The Balaban J connectivity index is 1.48. The Kier molecular flexibility index (Phi) is 6.64. The molecule has 4 heteroatoms. The molecule has 0 atom stereocenters. The average Bonchev–Trinajstić information content (AvgIpc) is 2.67. The van der Waals surface area contributed by atoms with Crippen molar-refractivity contribution in [2.75, 3.05) is 38.0 Å². The Morgan fingerprint density at radius 3 is 2.33 bits per heavy atom. The number of anilines is 1. The number of nitrogens with zero attached hydrogens (tertiary/aromatic N) is 2. The van der Waals surface area contributed by atoms with Gasteiger partial charge in [0.05, 0.1) is 0 Å². The number of piperazine rings is 1. The molecule has 142 valence electrons. The first kappa shape index (κ1) is 19.6. The summed E-state index contributed by atoms with van der Waals surface area (Å²) < 4.78 is 0. The maximum absolute atomic E-state index is 5.66. The molecule has 1 saturated heterocycles. The van der Waals surface area contributed by atoms with Gasteiger partial charge in [-0.3, -0.25) is 4.90 Å². The van der Waals surface area contributed by atoms with E-state index in [-0.39, 0.29) is 0 Å². The summed E-state index contributed by atoms with van der Waals surface area (Å²) in [5.74, 6) is 0. The van der Waals surface area contributed by atoms with Crippen LogP contribution in [0.4, 0.5) is 5.69 Å². The van der Waals surface area contributed by atoms with Crippen molar-refractivity contribution >= 4 is 29.1 Å². The van der Waals surface area contributed by atoms with E-state index in [1.54, 1.807) is 0 Å². The molecule has 0 aromatic heterocycles. The van der Waals surface area contributed by atoms with Crippen LogP contribution in [0.15, 0.2) is 48.5 Å². The number of benzene rings is 2. The highest BCUT2D eigenvalue weighted by Crippen LogP contribution is 2.20. The lowest BCUT2D eigenvalue weighted by Gasteiger charge is -2.36. The Morgan fingerprint density at radius 1 is 0.963 bits per heavy atom. The fourth-order valence-electron chi connectivity index (χ4n) is 3.32. The molecule has 1 N–H and O–H groups in total. The zero-order valence-electron chi connectivity index (χ0n) is 16.5. The van der Waals surface area contributed by atoms with Gasteiger partial charge in [0.15, 0.2) is 5.11 Å². The monoisotopic (exact) mass is 379 g/mol. The summed E-state index contributed by atoms with van der Waals surface area (Å²) in [5.41, 5.74) is 6.23. The standard InChI is InChI=1S/C23H29N3S/c1-18-16-20(3)22(17-19(18)2)24-23(27)26-14-12-25(13-15-26)11-7-10-21-8-5-4-6-9-21/h4-10,16-17H,11-15H2,1-3H3,(H,24,27)/b10-7-. The van der Waals surface area contributed by atoms with Gasteiger partial charge in [0.2, 0.25) is 0 Å². The molecule has 27 heavy (non-hydrogen) atoms. The highest BCUT2D eigenvalue weighted by molar-refractivity contribution is 7.80. The molecule has 1 fully saturated rings. The first-order chi connectivity index (χ1) is 13.0. The maximum Gasteiger partial charge on any atom is 0.173 e. The van der Waals surface area contributed by atoms with E-state index < -0.39 is 0 Å². The third-order valence-corrected chi connectivity index (χ3v) is 5.58. The van der Waals surface area contributed by atoms with Crippen molar-refractivity contribution in [3.05, 3.63) is 70.8 Å². The minimum atomic E-state index is 0.834. The Bertz CT molecular complexity index is 806. The van der Waals surface area contributed by atoms with Crippen molar-refractivity contribution in [1.82, 2.24) is 9.80 Å². The normalized spacial score (nSPS) is 15.3. The molecular formula is C23H29N3S. The molecule has 0 saturated carbocycles. The van der Waals surface area contributed by atoms with E-state index in [4.69, 9.17) is 12.2 Å². The van der Waals surface area contributed by atoms with Gasteiger partial charge in [-0.1, -0.05) is 48.6 Å². The van der Waals surface area contributed by atoms with Crippen LogP contribution in [0.3, 0.4) is 0 Å². The first-order valence-corrected chi connectivity index (χ1v) is 10.0. The number of thiocarbonyl (C=S) groups is 1. The molecule has 0 spiro atoms. The molecule has 0 unspecified atom stereocenters. The molecule has 2 aromatic rings. The molecule has 0 aliphatic carbocycles. The lowest BCUT2D eigenvalue weighted by molar-refractivity contribution is 0.200. The van der Waals surface area contributed by atoms with E-state index in [9.17, 15) is 0 Å². The summed E-state index contributed by atoms with van der Waals surface area (Å²) in [4.78, 5) is 4.75. The summed E-state index contributed by atoms with van der Waals surface area (Å²) >= 11 is 5.66. The summed E-state index contributed by atoms with van der Waals surface area (Å²) in [6.07, 6.45) is 4.45. The van der Waals surface area contributed by atoms with E-state index in [0.29, 0.717) is 0 Å². The second kappa shape index (κ2) is 9.16. The topological polar surface area (TPSA) is 18.5 Å². The van der Waals surface area contributed by atoms with Crippen LogP contribution in [0.2, 0.25) is 0 Å². The van der Waals surface area contributed by atoms with Gasteiger partial charge >= 0.3 is 0 Å². The van der Waals surface area contributed by atoms with Gasteiger partial charge in [0.25, 0.3) is 0 Å². The molecule has 3 nitrogen and oxygen atoms in total. The smallest absolute Gasteiger partial charge is 0.173 e. The van der Waals surface area contributed by atoms with Gasteiger partial charge in [0, 0.05) is 38.4 Å². The van der Waals surface area contributed by atoms with Gasteiger partial charge in [0.1, 0.15) is 0 Å². The number of nitrogens with one attached hydrogen (secondary N) is 1. The summed E-state index contributed by atoms with van der Waals surface area (Å²) in [6, 6.07) is 14.9. The second-order valence-electron chi connectivity index (χ2n) is 7.28. The van der Waals surface area contributed by atoms with Crippen molar-refractivity contribution in [1.29, 1.82) is 0 Å². The van der Waals surface area contributed by atoms with Gasteiger partial charge in [-0.2, -0.15) is 0 Å². The molecule has 0 amide bonds. The lowest BCUT2D eigenvalue weighted by atomic mass is 10.1. The van der Waals surface area contributed by atoms with Crippen LogP contribution in [-0.4, -0.2) is 47.6 Å². The lowest BCUT2D eigenvalue weighted by Crippen LogP contribution is -2.49. The van der Waals surface area contributed by atoms with Crippen molar-refractivity contribution < 1.29 is 0 Å². The molecule has 3 rings (SSSR count). The molecule has 0 bridgehead atoms. The number of rotatable bonds is 4. The average molecular weight is 380 g/mol. The molecule has 1 aliphatic rings. The van der Waals surface area contributed by atoms with E-state index >= 15 is 0 Å².